The van der Waals surface area contributed by atoms with Crippen LogP contribution in [0.25, 0.3) is 11.0 Å². The molecule has 0 saturated carbocycles. The van der Waals surface area contributed by atoms with Crippen LogP contribution in [0.5, 0.6) is 11.5 Å². The molecular weight excluding hydrogens is 472 g/mol. The van der Waals surface area contributed by atoms with E-state index in [2.05, 4.69) is 12.2 Å². The van der Waals surface area contributed by atoms with Crippen molar-refractivity contribution >= 4 is 34.2 Å². The smallest absolute Gasteiger partial charge is 0.349 e. The first-order valence-electron chi connectivity index (χ1n) is 12.1. The summed E-state index contributed by atoms with van der Waals surface area (Å²) < 4.78 is 16.7. The van der Waals surface area contributed by atoms with Crippen molar-refractivity contribution in [1.29, 1.82) is 0 Å². The minimum absolute atomic E-state index is 0.0593. The molecule has 1 aromatic heterocycles. The molecule has 1 N–H and O–H groups in total. The molecular formula is C29H26N2O6. The molecule has 8 nitrogen and oxygen atoms in total. The van der Waals surface area contributed by atoms with E-state index in [9.17, 15) is 14.4 Å². The Bertz CT molecular complexity index is 1510. The highest BCUT2D eigenvalue weighted by molar-refractivity contribution is 6.06. The highest BCUT2D eigenvalue weighted by Gasteiger charge is 2.26. The predicted octanol–water partition coefficient (Wildman–Crippen LogP) is 4.80. The standard InChI is InChI=1S/C29H26N2O6/c1-2-19-8-11-22(12-9-19)35-15-5-14-31-24-17-21(10-13-26(24)36-18-27(31)32)30-28(33)23-16-20-6-3-4-7-25(20)37-29(23)34/h3-4,6-13,16-17H,2,5,14-15,18H2,1H3,(H,30,33). The van der Waals surface area contributed by atoms with Crippen LogP contribution in [0.1, 0.15) is 29.3 Å². The van der Waals surface area contributed by atoms with Crippen molar-refractivity contribution in [3.05, 3.63) is 94.3 Å². The lowest BCUT2D eigenvalue weighted by molar-refractivity contribution is -0.121. The maximum atomic E-state index is 12.9. The molecule has 5 rings (SSSR count). The minimum atomic E-state index is -0.723. The number of aryl methyl sites for hydroxylation is 1. The molecule has 4 aromatic rings. The molecule has 8 heteroatoms. The number of para-hydroxylation sites is 1. The molecule has 3 aromatic carbocycles. The lowest BCUT2D eigenvalue weighted by Crippen LogP contribution is -2.39. The average molecular weight is 499 g/mol. The van der Waals surface area contributed by atoms with Crippen LogP contribution in [0.15, 0.2) is 82.0 Å². The van der Waals surface area contributed by atoms with Gasteiger partial charge in [-0.2, -0.15) is 0 Å². The van der Waals surface area contributed by atoms with Crippen molar-refractivity contribution in [2.75, 3.05) is 30.0 Å². The van der Waals surface area contributed by atoms with Crippen LogP contribution in [0.2, 0.25) is 0 Å². The number of amides is 2. The molecule has 2 heterocycles. The summed E-state index contributed by atoms with van der Waals surface area (Å²) in [4.78, 5) is 39.5. The maximum Gasteiger partial charge on any atom is 0.349 e. The number of benzene rings is 3. The minimum Gasteiger partial charge on any atom is -0.494 e. The zero-order chi connectivity index (χ0) is 25.8. The number of nitrogens with zero attached hydrogens (tertiary/aromatic N) is 1. The fourth-order valence-electron chi connectivity index (χ4n) is 4.18. The fourth-order valence-corrected chi connectivity index (χ4v) is 4.18. The molecule has 188 valence electrons. The van der Waals surface area contributed by atoms with Gasteiger partial charge in [0.25, 0.3) is 11.8 Å². The van der Waals surface area contributed by atoms with Crippen molar-refractivity contribution in [3.8, 4) is 11.5 Å². The summed E-state index contributed by atoms with van der Waals surface area (Å²) in [5.41, 5.74) is 1.79. The topological polar surface area (TPSA) is 98.1 Å². The van der Waals surface area contributed by atoms with Gasteiger partial charge in [0, 0.05) is 17.6 Å². The van der Waals surface area contributed by atoms with E-state index >= 15 is 0 Å². The monoisotopic (exact) mass is 498 g/mol. The van der Waals surface area contributed by atoms with E-state index in [0.29, 0.717) is 47.7 Å². The largest absolute Gasteiger partial charge is 0.494 e. The van der Waals surface area contributed by atoms with Gasteiger partial charge in [-0.05, 0) is 60.9 Å². The summed E-state index contributed by atoms with van der Waals surface area (Å²) in [6.07, 6.45) is 1.58. The first kappa shape index (κ1) is 24.1. The third-order valence-electron chi connectivity index (χ3n) is 6.17. The Kier molecular flexibility index (Phi) is 6.89. The fraction of sp³-hybridized carbons (Fsp3) is 0.207. The highest BCUT2D eigenvalue weighted by atomic mass is 16.5. The Hall–Kier alpha value is -4.59. The zero-order valence-electron chi connectivity index (χ0n) is 20.4. The van der Waals surface area contributed by atoms with Crippen molar-refractivity contribution < 1.29 is 23.5 Å². The van der Waals surface area contributed by atoms with Gasteiger partial charge in [0.2, 0.25) is 0 Å². The number of rotatable bonds is 8. The lowest BCUT2D eigenvalue weighted by Gasteiger charge is -2.29. The third kappa shape index (κ3) is 5.33. The molecule has 0 atom stereocenters. The Balaban J connectivity index is 1.27. The quantitative estimate of drug-likeness (QED) is 0.277. The van der Waals surface area contributed by atoms with Gasteiger partial charge in [0.1, 0.15) is 22.6 Å². The molecule has 37 heavy (non-hydrogen) atoms. The summed E-state index contributed by atoms with van der Waals surface area (Å²) in [6.45, 7) is 2.91. The number of hydrogen-bond acceptors (Lipinski definition) is 6. The first-order valence-corrected chi connectivity index (χ1v) is 12.1. The van der Waals surface area contributed by atoms with E-state index in [4.69, 9.17) is 13.9 Å². The number of nitrogens with one attached hydrogen (secondary N) is 1. The van der Waals surface area contributed by atoms with E-state index in [1.165, 1.54) is 11.6 Å². The number of ether oxygens (including phenoxy) is 2. The second-order valence-electron chi connectivity index (χ2n) is 8.66. The second-order valence-corrected chi connectivity index (χ2v) is 8.66. The first-order chi connectivity index (χ1) is 18.0. The Morgan fingerprint density at radius 3 is 2.65 bits per heavy atom. The molecule has 2 amide bonds. The van der Waals surface area contributed by atoms with Crippen LogP contribution in [-0.4, -0.2) is 31.6 Å². The van der Waals surface area contributed by atoms with Gasteiger partial charge in [-0.3, -0.25) is 9.59 Å². The number of carbonyl (C=O) groups is 2. The molecule has 0 bridgehead atoms. The zero-order valence-corrected chi connectivity index (χ0v) is 20.4. The summed E-state index contributed by atoms with van der Waals surface area (Å²) in [7, 11) is 0. The second kappa shape index (κ2) is 10.6. The summed E-state index contributed by atoms with van der Waals surface area (Å²) in [5.74, 6) is 0.544. The summed E-state index contributed by atoms with van der Waals surface area (Å²) >= 11 is 0. The Morgan fingerprint density at radius 2 is 1.84 bits per heavy atom. The van der Waals surface area contributed by atoms with Crippen LogP contribution in [0, 0.1) is 0 Å². The van der Waals surface area contributed by atoms with E-state index in [0.717, 1.165) is 12.2 Å². The van der Waals surface area contributed by atoms with Crippen molar-refractivity contribution in [1.82, 2.24) is 0 Å². The van der Waals surface area contributed by atoms with Gasteiger partial charge in [-0.15, -0.1) is 0 Å². The van der Waals surface area contributed by atoms with Crippen molar-refractivity contribution in [2.24, 2.45) is 0 Å². The van der Waals surface area contributed by atoms with Gasteiger partial charge in [0.15, 0.2) is 6.61 Å². The van der Waals surface area contributed by atoms with Gasteiger partial charge in [-0.25, -0.2) is 4.79 Å². The van der Waals surface area contributed by atoms with Crippen LogP contribution < -0.4 is 25.3 Å². The summed E-state index contributed by atoms with van der Waals surface area (Å²) in [6, 6.07) is 21.5. The van der Waals surface area contributed by atoms with Crippen LogP contribution in [-0.2, 0) is 11.2 Å². The van der Waals surface area contributed by atoms with Gasteiger partial charge >= 0.3 is 5.63 Å². The van der Waals surface area contributed by atoms with E-state index < -0.39 is 11.5 Å². The van der Waals surface area contributed by atoms with Crippen LogP contribution in [0.3, 0.4) is 0 Å². The van der Waals surface area contributed by atoms with Gasteiger partial charge in [-0.1, -0.05) is 37.3 Å². The number of carbonyl (C=O) groups excluding carboxylic acids is 2. The maximum absolute atomic E-state index is 12.9. The molecule has 0 spiro atoms. The SMILES string of the molecule is CCc1ccc(OCCCN2C(=O)COc3ccc(NC(=O)c4cc5ccccc5oc4=O)cc32)cc1. The van der Waals surface area contributed by atoms with E-state index in [1.54, 1.807) is 47.4 Å². The van der Waals surface area contributed by atoms with Crippen LogP contribution >= 0.6 is 0 Å². The normalized spacial score (nSPS) is 12.7. The molecule has 0 unspecified atom stereocenters. The number of anilines is 2. The molecule has 1 aliphatic rings. The molecule has 0 aliphatic carbocycles. The molecule has 0 fully saturated rings. The number of fused-ring (bicyclic) bond motifs is 2. The van der Waals surface area contributed by atoms with Gasteiger partial charge in [0.05, 0.1) is 12.3 Å². The molecule has 0 saturated heterocycles. The molecule has 0 radical (unpaired) electrons. The highest BCUT2D eigenvalue weighted by Crippen LogP contribution is 2.35. The van der Waals surface area contributed by atoms with E-state index in [-0.39, 0.29) is 18.1 Å². The van der Waals surface area contributed by atoms with E-state index in [1.807, 2.05) is 24.3 Å². The third-order valence-corrected chi connectivity index (χ3v) is 6.17. The Labute approximate surface area is 213 Å². The molecule has 1 aliphatic heterocycles. The lowest BCUT2D eigenvalue weighted by atomic mass is 10.1. The summed E-state index contributed by atoms with van der Waals surface area (Å²) in [5, 5.41) is 3.37. The average Bonchev–Trinajstić information content (AvgIpc) is 2.92. The predicted molar refractivity (Wildman–Crippen MR) is 141 cm³/mol. The Morgan fingerprint density at radius 1 is 1.03 bits per heavy atom. The van der Waals surface area contributed by atoms with Crippen LogP contribution in [0.4, 0.5) is 11.4 Å². The van der Waals surface area contributed by atoms with Crippen molar-refractivity contribution in [3.63, 3.8) is 0 Å². The van der Waals surface area contributed by atoms with Crippen molar-refractivity contribution in [2.45, 2.75) is 19.8 Å². The van der Waals surface area contributed by atoms with Gasteiger partial charge < -0.3 is 24.1 Å². The number of hydrogen-bond donors (Lipinski definition) is 1.